The van der Waals surface area contributed by atoms with Gasteiger partial charge in [0.15, 0.2) is 0 Å². The zero-order valence-electron chi connectivity index (χ0n) is 10.5. The molecule has 0 aliphatic heterocycles. The molecule has 17 heavy (non-hydrogen) atoms. The molecule has 1 heterocycles. The summed E-state index contributed by atoms with van der Waals surface area (Å²) in [5, 5.41) is 0. The Hall–Kier alpha value is -1.36. The number of H-pyrrole nitrogens is 1. The third-order valence-corrected chi connectivity index (χ3v) is 3.15. The number of nitrogens with zero attached hydrogens (tertiary/aromatic N) is 1. The van der Waals surface area contributed by atoms with Gasteiger partial charge in [0.2, 0.25) is 0 Å². The molecule has 0 spiro atoms. The number of nitrogen functional groups attached to an aromatic ring is 1. The topological polar surface area (TPSA) is 81.0 Å². The van der Waals surface area contributed by atoms with Gasteiger partial charge in [0.25, 0.3) is 5.56 Å². The number of hydrogen-bond donors (Lipinski definition) is 2. The summed E-state index contributed by atoms with van der Waals surface area (Å²) in [6, 6.07) is 0. The Morgan fingerprint density at radius 1 is 1.47 bits per heavy atom. The van der Waals surface area contributed by atoms with E-state index >= 15 is 0 Å². The number of anilines is 1. The Morgan fingerprint density at radius 3 is 2.53 bits per heavy atom. The van der Waals surface area contributed by atoms with Gasteiger partial charge >= 0.3 is 0 Å². The van der Waals surface area contributed by atoms with Gasteiger partial charge in [0.05, 0.1) is 5.56 Å². The van der Waals surface area contributed by atoms with Gasteiger partial charge in [0.1, 0.15) is 17.7 Å². The van der Waals surface area contributed by atoms with Crippen LogP contribution in [0.5, 0.6) is 0 Å². The van der Waals surface area contributed by atoms with Crippen LogP contribution in [-0.2, 0) is 4.74 Å². The quantitative estimate of drug-likeness (QED) is 0.833. The van der Waals surface area contributed by atoms with Gasteiger partial charge in [-0.15, -0.1) is 0 Å². The molecule has 1 aromatic heterocycles. The SMILES string of the molecule is COC(c1nc(N)c(C(C)C)c(=O)[nH]1)C1CC1. The summed E-state index contributed by atoms with van der Waals surface area (Å²) in [6.45, 7) is 3.86. The molecule has 5 heteroatoms. The van der Waals surface area contributed by atoms with Gasteiger partial charge in [-0.1, -0.05) is 13.8 Å². The fourth-order valence-corrected chi connectivity index (χ4v) is 2.14. The van der Waals surface area contributed by atoms with E-state index in [-0.39, 0.29) is 17.6 Å². The Kier molecular flexibility index (Phi) is 3.19. The molecule has 94 valence electrons. The molecule has 0 amide bonds. The number of hydrogen-bond acceptors (Lipinski definition) is 4. The third-order valence-electron chi connectivity index (χ3n) is 3.15. The Bertz CT molecular complexity index is 463. The monoisotopic (exact) mass is 237 g/mol. The smallest absolute Gasteiger partial charge is 0.256 e. The van der Waals surface area contributed by atoms with Crippen molar-refractivity contribution in [2.75, 3.05) is 12.8 Å². The molecule has 1 unspecified atom stereocenters. The number of rotatable bonds is 4. The number of ether oxygens (including phenoxy) is 1. The van der Waals surface area contributed by atoms with Gasteiger partial charge in [-0.25, -0.2) is 4.98 Å². The highest BCUT2D eigenvalue weighted by atomic mass is 16.5. The number of nitrogens with one attached hydrogen (secondary N) is 1. The maximum atomic E-state index is 11.9. The van der Waals surface area contributed by atoms with Crippen molar-refractivity contribution in [1.82, 2.24) is 9.97 Å². The van der Waals surface area contributed by atoms with E-state index in [0.717, 1.165) is 12.8 Å². The largest absolute Gasteiger partial charge is 0.383 e. The van der Waals surface area contributed by atoms with Crippen molar-refractivity contribution >= 4 is 5.82 Å². The van der Waals surface area contributed by atoms with E-state index in [4.69, 9.17) is 10.5 Å². The van der Waals surface area contributed by atoms with Crippen molar-refractivity contribution in [2.45, 2.75) is 38.7 Å². The van der Waals surface area contributed by atoms with Crippen LogP contribution in [0.3, 0.4) is 0 Å². The van der Waals surface area contributed by atoms with Crippen LogP contribution >= 0.6 is 0 Å². The average Bonchev–Trinajstić information content (AvgIpc) is 3.01. The molecule has 1 aromatic rings. The maximum Gasteiger partial charge on any atom is 0.256 e. The Labute approximate surface area is 100 Å². The molecule has 3 N–H and O–H groups in total. The summed E-state index contributed by atoms with van der Waals surface area (Å²) in [5.74, 6) is 1.41. The molecular weight excluding hydrogens is 218 g/mol. The molecule has 0 saturated heterocycles. The normalized spacial score (nSPS) is 17.4. The van der Waals surface area contributed by atoms with Gasteiger partial charge in [0, 0.05) is 7.11 Å². The van der Waals surface area contributed by atoms with Crippen molar-refractivity contribution in [1.29, 1.82) is 0 Å². The lowest BCUT2D eigenvalue weighted by Crippen LogP contribution is -2.23. The first kappa shape index (κ1) is 12.1. The van der Waals surface area contributed by atoms with E-state index in [2.05, 4.69) is 9.97 Å². The van der Waals surface area contributed by atoms with Crippen LogP contribution in [0.25, 0.3) is 0 Å². The fourth-order valence-electron chi connectivity index (χ4n) is 2.14. The standard InChI is InChI=1S/C12H19N3O2/c1-6(2)8-10(13)14-11(15-12(8)16)9(17-3)7-4-5-7/h6-7,9H,4-5H2,1-3H3,(H3,13,14,15,16). The molecule has 1 aliphatic carbocycles. The van der Waals surface area contributed by atoms with Crippen molar-refractivity contribution in [3.63, 3.8) is 0 Å². The Balaban J connectivity index is 2.40. The minimum Gasteiger partial charge on any atom is -0.383 e. The van der Waals surface area contributed by atoms with Crippen LogP contribution in [-0.4, -0.2) is 17.1 Å². The lowest BCUT2D eigenvalue weighted by Gasteiger charge is -2.15. The highest BCUT2D eigenvalue weighted by Gasteiger charge is 2.34. The second-order valence-electron chi connectivity index (χ2n) is 4.90. The van der Waals surface area contributed by atoms with Crippen molar-refractivity contribution in [3.05, 3.63) is 21.7 Å². The summed E-state index contributed by atoms with van der Waals surface area (Å²) in [5.41, 5.74) is 6.26. The van der Waals surface area contributed by atoms with Crippen molar-refractivity contribution in [2.24, 2.45) is 5.92 Å². The molecule has 1 aliphatic rings. The van der Waals surface area contributed by atoms with E-state index in [1.54, 1.807) is 7.11 Å². The minimum atomic E-state index is -0.148. The van der Waals surface area contributed by atoms with Crippen LogP contribution in [0.15, 0.2) is 4.79 Å². The Morgan fingerprint density at radius 2 is 2.12 bits per heavy atom. The average molecular weight is 237 g/mol. The predicted octanol–water partition coefficient (Wildman–Crippen LogP) is 1.57. The van der Waals surface area contributed by atoms with E-state index in [0.29, 0.717) is 23.1 Å². The molecule has 0 bridgehead atoms. The first-order valence-electron chi connectivity index (χ1n) is 5.97. The van der Waals surface area contributed by atoms with Crippen LogP contribution < -0.4 is 11.3 Å². The van der Waals surface area contributed by atoms with Crippen LogP contribution in [0.4, 0.5) is 5.82 Å². The zero-order valence-corrected chi connectivity index (χ0v) is 10.5. The molecule has 5 nitrogen and oxygen atoms in total. The molecule has 1 atom stereocenters. The van der Waals surface area contributed by atoms with Crippen molar-refractivity contribution < 1.29 is 4.74 Å². The minimum absolute atomic E-state index is 0.0715. The maximum absolute atomic E-state index is 11.9. The van der Waals surface area contributed by atoms with Gasteiger partial charge < -0.3 is 15.5 Å². The van der Waals surface area contributed by atoms with Gasteiger partial charge in [-0.05, 0) is 24.7 Å². The first-order valence-corrected chi connectivity index (χ1v) is 5.97. The summed E-state index contributed by atoms with van der Waals surface area (Å²) in [7, 11) is 1.63. The fraction of sp³-hybridized carbons (Fsp3) is 0.667. The molecule has 0 radical (unpaired) electrons. The van der Waals surface area contributed by atoms with Crippen molar-refractivity contribution in [3.8, 4) is 0 Å². The van der Waals surface area contributed by atoms with Gasteiger partial charge in [-0.3, -0.25) is 4.79 Å². The highest BCUT2D eigenvalue weighted by molar-refractivity contribution is 5.40. The van der Waals surface area contributed by atoms with E-state index in [9.17, 15) is 4.79 Å². The lowest BCUT2D eigenvalue weighted by atomic mass is 10.1. The molecule has 1 saturated carbocycles. The number of methoxy groups -OCH3 is 1. The molecule has 1 fully saturated rings. The number of nitrogens with two attached hydrogens (primary N) is 1. The lowest BCUT2D eigenvalue weighted by molar-refractivity contribution is 0.0770. The zero-order chi connectivity index (χ0) is 12.6. The first-order chi connectivity index (χ1) is 8.04. The van der Waals surface area contributed by atoms with E-state index in [1.807, 2.05) is 13.8 Å². The number of aromatic amines is 1. The highest BCUT2D eigenvalue weighted by Crippen LogP contribution is 2.41. The van der Waals surface area contributed by atoms with Gasteiger partial charge in [-0.2, -0.15) is 0 Å². The van der Waals surface area contributed by atoms with E-state index in [1.165, 1.54) is 0 Å². The summed E-state index contributed by atoms with van der Waals surface area (Å²) >= 11 is 0. The van der Waals surface area contributed by atoms with E-state index < -0.39 is 0 Å². The molecular formula is C12H19N3O2. The van der Waals surface area contributed by atoms with Crippen LogP contribution in [0, 0.1) is 5.92 Å². The third kappa shape index (κ3) is 2.34. The molecule has 2 rings (SSSR count). The number of aromatic nitrogens is 2. The second-order valence-corrected chi connectivity index (χ2v) is 4.90. The summed E-state index contributed by atoms with van der Waals surface area (Å²) in [4.78, 5) is 19.0. The van der Waals surface area contributed by atoms with Crippen LogP contribution in [0.1, 0.15) is 50.1 Å². The molecule has 0 aromatic carbocycles. The predicted molar refractivity (Wildman–Crippen MR) is 65.8 cm³/mol. The summed E-state index contributed by atoms with van der Waals surface area (Å²) < 4.78 is 5.38. The van der Waals surface area contributed by atoms with Crippen LogP contribution in [0.2, 0.25) is 0 Å². The summed E-state index contributed by atoms with van der Waals surface area (Å²) in [6.07, 6.45) is 2.11. The second kappa shape index (κ2) is 4.49.